The highest BCUT2D eigenvalue weighted by Gasteiger charge is 2.22. The van der Waals surface area contributed by atoms with E-state index in [4.69, 9.17) is 22.4 Å². The minimum absolute atomic E-state index is 0.0248. The van der Waals surface area contributed by atoms with Crippen molar-refractivity contribution in [3.05, 3.63) is 80.9 Å². The number of rotatable bonds is 5. The van der Waals surface area contributed by atoms with Crippen molar-refractivity contribution >= 4 is 28.8 Å². The van der Waals surface area contributed by atoms with Crippen LogP contribution < -0.4 is 27.2 Å². The van der Waals surface area contributed by atoms with Crippen molar-refractivity contribution in [3.63, 3.8) is 0 Å². The van der Waals surface area contributed by atoms with Crippen LogP contribution in [0.4, 0.5) is 11.5 Å². The van der Waals surface area contributed by atoms with E-state index in [0.29, 0.717) is 5.76 Å². The average molecular weight is 385 g/mol. The number of H-pyrrole nitrogens is 1. The Balaban J connectivity index is 2.09. The Morgan fingerprint density at radius 3 is 2.63 bits per heavy atom. The lowest BCUT2D eigenvalue weighted by Crippen LogP contribution is -2.44. The SMILES string of the molecule is CNC(=S)N(Cc1ccco1)c1c(N)n(Cc2ccccc2)c(=O)[nH]c1=O. The minimum Gasteiger partial charge on any atom is -0.467 e. The van der Waals surface area contributed by atoms with Crippen molar-refractivity contribution in [1.82, 2.24) is 14.9 Å². The van der Waals surface area contributed by atoms with Gasteiger partial charge in [-0.3, -0.25) is 14.3 Å². The number of thiocarbonyl (C=S) groups is 1. The normalized spacial score (nSPS) is 10.6. The first-order chi connectivity index (χ1) is 13.0. The Kier molecular flexibility index (Phi) is 5.41. The minimum atomic E-state index is -0.619. The fourth-order valence-corrected chi connectivity index (χ4v) is 2.86. The van der Waals surface area contributed by atoms with Crippen LogP contribution in [0.3, 0.4) is 0 Å². The standard InChI is InChI=1S/C18H19N5O3S/c1-20-18(27)22(11-13-8-5-9-26-13)14-15(19)23(17(25)21-16(14)24)10-12-6-3-2-4-7-12/h2-9H,10-11,19H2,1H3,(H,20,27)(H,21,24,25). The zero-order valence-electron chi connectivity index (χ0n) is 14.6. The van der Waals surface area contributed by atoms with Gasteiger partial charge in [0.05, 0.1) is 19.4 Å². The van der Waals surface area contributed by atoms with Gasteiger partial charge in [-0.1, -0.05) is 30.3 Å². The molecule has 0 aliphatic carbocycles. The Morgan fingerprint density at radius 1 is 1.26 bits per heavy atom. The number of nitrogens with one attached hydrogen (secondary N) is 2. The molecule has 0 fully saturated rings. The zero-order valence-corrected chi connectivity index (χ0v) is 15.5. The van der Waals surface area contributed by atoms with Gasteiger partial charge in [0.1, 0.15) is 11.6 Å². The summed E-state index contributed by atoms with van der Waals surface area (Å²) in [6.07, 6.45) is 1.53. The molecule has 0 atom stereocenters. The molecule has 9 heteroatoms. The molecule has 0 aliphatic rings. The Morgan fingerprint density at radius 2 is 2.00 bits per heavy atom. The van der Waals surface area contributed by atoms with Crippen LogP contribution in [-0.2, 0) is 13.1 Å². The maximum atomic E-state index is 12.5. The van der Waals surface area contributed by atoms with Crippen LogP contribution in [-0.4, -0.2) is 21.7 Å². The van der Waals surface area contributed by atoms with Gasteiger partial charge in [0.15, 0.2) is 10.8 Å². The van der Waals surface area contributed by atoms with Gasteiger partial charge in [-0.25, -0.2) is 4.79 Å². The first-order valence-corrected chi connectivity index (χ1v) is 8.60. The van der Waals surface area contributed by atoms with E-state index in [0.717, 1.165) is 5.56 Å². The van der Waals surface area contributed by atoms with Gasteiger partial charge in [-0.2, -0.15) is 0 Å². The monoisotopic (exact) mass is 385 g/mol. The van der Waals surface area contributed by atoms with Crippen molar-refractivity contribution in [2.75, 3.05) is 17.7 Å². The van der Waals surface area contributed by atoms with Gasteiger partial charge >= 0.3 is 5.69 Å². The second-order valence-corrected chi connectivity index (χ2v) is 6.17. The lowest BCUT2D eigenvalue weighted by molar-refractivity contribution is 0.511. The molecule has 8 nitrogen and oxygen atoms in total. The molecule has 0 saturated heterocycles. The van der Waals surface area contributed by atoms with E-state index in [-0.39, 0.29) is 29.7 Å². The number of nitrogen functional groups attached to an aromatic ring is 1. The molecule has 3 rings (SSSR count). The van der Waals surface area contributed by atoms with E-state index in [1.807, 2.05) is 30.3 Å². The van der Waals surface area contributed by atoms with Crippen LogP contribution in [0.25, 0.3) is 0 Å². The molecular weight excluding hydrogens is 366 g/mol. The Labute approximate surface area is 160 Å². The number of aromatic nitrogens is 2. The second-order valence-electron chi connectivity index (χ2n) is 5.79. The third kappa shape index (κ3) is 3.93. The third-order valence-corrected chi connectivity index (χ3v) is 4.45. The molecule has 0 amide bonds. The van der Waals surface area contributed by atoms with E-state index in [2.05, 4.69) is 10.3 Å². The summed E-state index contributed by atoms with van der Waals surface area (Å²) in [4.78, 5) is 28.7. The molecule has 2 heterocycles. The summed E-state index contributed by atoms with van der Waals surface area (Å²) < 4.78 is 6.66. The number of hydrogen-bond acceptors (Lipinski definition) is 5. The van der Waals surface area contributed by atoms with E-state index in [1.165, 1.54) is 15.7 Å². The number of furan rings is 1. The van der Waals surface area contributed by atoms with Crippen molar-refractivity contribution in [2.24, 2.45) is 0 Å². The van der Waals surface area contributed by atoms with Crippen molar-refractivity contribution in [1.29, 1.82) is 0 Å². The van der Waals surface area contributed by atoms with Crippen LogP contribution in [0.15, 0.2) is 62.7 Å². The first-order valence-electron chi connectivity index (χ1n) is 8.19. The van der Waals surface area contributed by atoms with Crippen LogP contribution >= 0.6 is 12.2 Å². The molecule has 27 heavy (non-hydrogen) atoms. The highest BCUT2D eigenvalue weighted by atomic mass is 32.1. The van der Waals surface area contributed by atoms with E-state index in [1.54, 1.807) is 19.2 Å². The predicted octanol–water partition coefficient (Wildman–Crippen LogP) is 1.27. The number of nitrogens with two attached hydrogens (primary N) is 1. The lowest BCUT2D eigenvalue weighted by Gasteiger charge is -2.25. The van der Waals surface area contributed by atoms with Crippen LogP contribution in [0, 0.1) is 0 Å². The molecule has 4 N–H and O–H groups in total. The first kappa shape index (κ1) is 18.5. The van der Waals surface area contributed by atoms with Crippen LogP contribution in [0.5, 0.6) is 0 Å². The second kappa shape index (κ2) is 7.92. The Hall–Kier alpha value is -3.33. The fourth-order valence-electron chi connectivity index (χ4n) is 2.71. The smallest absolute Gasteiger partial charge is 0.330 e. The quantitative estimate of drug-likeness (QED) is 0.568. The molecule has 0 unspecified atom stereocenters. The fraction of sp³-hybridized carbons (Fsp3) is 0.167. The molecular formula is C18H19N5O3S. The summed E-state index contributed by atoms with van der Waals surface area (Å²) in [5, 5.41) is 3.11. The van der Waals surface area contributed by atoms with Crippen molar-refractivity contribution in [3.8, 4) is 0 Å². The predicted molar refractivity (Wildman–Crippen MR) is 108 cm³/mol. The third-order valence-electron chi connectivity index (χ3n) is 4.02. The highest BCUT2D eigenvalue weighted by molar-refractivity contribution is 7.80. The summed E-state index contributed by atoms with van der Waals surface area (Å²) in [5.41, 5.74) is 5.99. The summed E-state index contributed by atoms with van der Waals surface area (Å²) in [6.45, 7) is 0.402. The molecule has 0 radical (unpaired) electrons. The molecule has 0 aliphatic heterocycles. The number of benzene rings is 1. The van der Waals surface area contributed by atoms with E-state index >= 15 is 0 Å². The van der Waals surface area contributed by atoms with Gasteiger partial charge in [0, 0.05) is 7.05 Å². The van der Waals surface area contributed by atoms with Gasteiger partial charge < -0.3 is 20.4 Å². The van der Waals surface area contributed by atoms with E-state index < -0.39 is 11.2 Å². The molecule has 0 bridgehead atoms. The van der Waals surface area contributed by atoms with Gasteiger partial charge in [-0.15, -0.1) is 0 Å². The molecule has 1 aromatic carbocycles. The van der Waals surface area contributed by atoms with Crippen LogP contribution in [0.2, 0.25) is 0 Å². The molecule has 2 aromatic heterocycles. The summed E-state index contributed by atoms with van der Waals surface area (Å²) in [6, 6.07) is 12.8. The van der Waals surface area contributed by atoms with Crippen LogP contribution in [0.1, 0.15) is 11.3 Å². The molecule has 140 valence electrons. The van der Waals surface area contributed by atoms with E-state index in [9.17, 15) is 9.59 Å². The van der Waals surface area contributed by atoms with Crippen molar-refractivity contribution < 1.29 is 4.42 Å². The average Bonchev–Trinajstić information content (AvgIpc) is 3.17. The largest absolute Gasteiger partial charge is 0.467 e. The van der Waals surface area contributed by atoms with Gasteiger partial charge in [0.2, 0.25) is 0 Å². The highest BCUT2D eigenvalue weighted by Crippen LogP contribution is 2.20. The summed E-state index contributed by atoms with van der Waals surface area (Å²) in [5.74, 6) is 0.615. The summed E-state index contributed by atoms with van der Waals surface area (Å²) in [7, 11) is 1.64. The molecule has 0 saturated carbocycles. The molecule has 0 spiro atoms. The number of hydrogen-bond donors (Lipinski definition) is 3. The zero-order chi connectivity index (χ0) is 19.4. The molecule has 3 aromatic rings. The maximum Gasteiger partial charge on any atom is 0.330 e. The van der Waals surface area contributed by atoms with Gasteiger partial charge in [-0.05, 0) is 29.9 Å². The topological polar surface area (TPSA) is 109 Å². The number of anilines is 2. The maximum absolute atomic E-state index is 12.5. The number of nitrogens with zero attached hydrogens (tertiary/aromatic N) is 2. The van der Waals surface area contributed by atoms with Gasteiger partial charge in [0.25, 0.3) is 5.56 Å². The lowest BCUT2D eigenvalue weighted by atomic mass is 10.2. The van der Waals surface area contributed by atoms with Crippen molar-refractivity contribution in [2.45, 2.75) is 13.1 Å². The number of aromatic amines is 1. The summed E-state index contributed by atoms with van der Waals surface area (Å²) >= 11 is 5.33. The Bertz CT molecular complexity index is 1040.